The summed E-state index contributed by atoms with van der Waals surface area (Å²) in [6.45, 7) is 5.62. The highest BCUT2D eigenvalue weighted by molar-refractivity contribution is 5.96. The van der Waals surface area contributed by atoms with E-state index in [0.29, 0.717) is 0 Å². The summed E-state index contributed by atoms with van der Waals surface area (Å²) in [6.07, 6.45) is 3.91. The van der Waals surface area contributed by atoms with E-state index < -0.39 is 0 Å². The van der Waals surface area contributed by atoms with Gasteiger partial charge in [-0.3, -0.25) is 4.79 Å². The van der Waals surface area contributed by atoms with Crippen molar-refractivity contribution < 1.29 is 4.79 Å². The van der Waals surface area contributed by atoms with Crippen LogP contribution in [0.5, 0.6) is 0 Å². The molecule has 2 nitrogen and oxygen atoms in total. The van der Waals surface area contributed by atoms with Gasteiger partial charge in [0.05, 0.1) is 0 Å². The van der Waals surface area contributed by atoms with E-state index in [-0.39, 0.29) is 5.91 Å². The van der Waals surface area contributed by atoms with E-state index in [1.54, 1.807) is 0 Å². The third kappa shape index (κ3) is 3.47. The molecule has 0 atom stereocenters. The van der Waals surface area contributed by atoms with Crippen LogP contribution in [-0.2, 0) is 25.7 Å². The first-order valence-electron chi connectivity index (χ1n) is 8.70. The molecule has 2 aromatic rings. The summed E-state index contributed by atoms with van der Waals surface area (Å²) < 4.78 is 0. The monoisotopic (exact) mass is 307 g/mol. The Morgan fingerprint density at radius 1 is 0.826 bits per heavy atom. The Bertz CT molecular complexity index is 683. The number of hydrogen-bond acceptors (Lipinski definition) is 1. The lowest BCUT2D eigenvalue weighted by Crippen LogP contribution is -2.31. The lowest BCUT2D eigenvalue weighted by molar-refractivity contribution is 0.0771. The SMILES string of the molecule is CCN(CC)C(=O)c1cc2ccc1CCc1ccc(cc1)CC2. The van der Waals surface area contributed by atoms with Gasteiger partial charge < -0.3 is 4.90 Å². The number of carbonyl (C=O) groups excluding carboxylic acids is 1. The van der Waals surface area contributed by atoms with Crippen molar-refractivity contribution in [2.75, 3.05) is 13.1 Å². The van der Waals surface area contributed by atoms with Crippen LogP contribution in [0.3, 0.4) is 0 Å². The van der Waals surface area contributed by atoms with Crippen molar-refractivity contribution in [3.63, 3.8) is 0 Å². The third-order valence-electron chi connectivity index (χ3n) is 4.86. The van der Waals surface area contributed by atoms with E-state index in [4.69, 9.17) is 0 Å². The van der Waals surface area contributed by atoms with Crippen LogP contribution in [0, 0.1) is 0 Å². The summed E-state index contributed by atoms with van der Waals surface area (Å²) in [5.41, 5.74) is 6.06. The van der Waals surface area contributed by atoms with Crippen molar-refractivity contribution in [3.05, 3.63) is 70.3 Å². The first-order valence-corrected chi connectivity index (χ1v) is 8.70. The molecular formula is C21H25NO. The van der Waals surface area contributed by atoms with Gasteiger partial charge in [-0.15, -0.1) is 0 Å². The fraction of sp³-hybridized carbons (Fsp3) is 0.381. The second-order valence-electron chi connectivity index (χ2n) is 6.29. The van der Waals surface area contributed by atoms with Gasteiger partial charge in [0.25, 0.3) is 5.91 Å². The summed E-state index contributed by atoms with van der Waals surface area (Å²) in [7, 11) is 0. The lowest BCUT2D eigenvalue weighted by Gasteiger charge is -2.21. The average molecular weight is 307 g/mol. The number of amides is 1. The molecule has 23 heavy (non-hydrogen) atoms. The Balaban J connectivity index is 1.98. The minimum absolute atomic E-state index is 0.179. The summed E-state index contributed by atoms with van der Waals surface area (Å²) in [6, 6.07) is 15.4. The van der Waals surface area contributed by atoms with E-state index in [9.17, 15) is 4.79 Å². The van der Waals surface area contributed by atoms with Gasteiger partial charge in [-0.2, -0.15) is 0 Å². The maximum atomic E-state index is 12.9. The van der Waals surface area contributed by atoms with Gasteiger partial charge in [0.15, 0.2) is 0 Å². The normalized spacial score (nSPS) is 13.5. The second kappa shape index (κ2) is 6.99. The van der Waals surface area contributed by atoms with Gasteiger partial charge in [-0.05, 0) is 67.9 Å². The number of carbonyl (C=O) groups is 1. The molecule has 1 amide bonds. The molecule has 4 aliphatic carbocycles. The van der Waals surface area contributed by atoms with E-state index in [2.05, 4.69) is 42.5 Å². The molecule has 0 saturated carbocycles. The summed E-state index contributed by atoms with van der Waals surface area (Å²) in [5, 5.41) is 0. The van der Waals surface area contributed by atoms with E-state index >= 15 is 0 Å². The topological polar surface area (TPSA) is 20.3 Å². The smallest absolute Gasteiger partial charge is 0.254 e. The lowest BCUT2D eigenvalue weighted by atomic mass is 9.93. The number of rotatable bonds is 3. The molecule has 0 heterocycles. The van der Waals surface area contributed by atoms with Crippen LogP contribution in [0.4, 0.5) is 0 Å². The molecule has 0 fully saturated rings. The molecule has 0 N–H and O–H groups in total. The standard InChI is InChI=1S/C21H25NO/c1-3-22(4-2)21(23)20-15-18-10-9-16-5-7-17(8-6-16)11-13-19(20)14-12-18/h5-8,12,14-15H,3-4,9-11,13H2,1-2H3. The van der Waals surface area contributed by atoms with Crippen molar-refractivity contribution >= 4 is 5.91 Å². The van der Waals surface area contributed by atoms with Gasteiger partial charge in [-0.25, -0.2) is 0 Å². The molecule has 2 heteroatoms. The summed E-state index contributed by atoms with van der Waals surface area (Å²) in [4.78, 5) is 14.8. The molecule has 0 aliphatic heterocycles. The third-order valence-corrected chi connectivity index (χ3v) is 4.86. The fourth-order valence-corrected chi connectivity index (χ4v) is 3.32. The van der Waals surface area contributed by atoms with Crippen molar-refractivity contribution in [2.45, 2.75) is 39.5 Å². The minimum atomic E-state index is 0.179. The van der Waals surface area contributed by atoms with Crippen molar-refractivity contribution in [3.8, 4) is 0 Å². The Kier molecular flexibility index (Phi) is 4.80. The summed E-state index contributed by atoms with van der Waals surface area (Å²) >= 11 is 0. The Morgan fingerprint density at radius 2 is 1.35 bits per heavy atom. The largest absolute Gasteiger partial charge is 0.339 e. The maximum Gasteiger partial charge on any atom is 0.254 e. The molecular weight excluding hydrogens is 282 g/mol. The zero-order chi connectivity index (χ0) is 16.2. The van der Waals surface area contributed by atoms with Crippen LogP contribution in [0.25, 0.3) is 0 Å². The molecule has 0 spiro atoms. The maximum absolute atomic E-state index is 12.9. The van der Waals surface area contributed by atoms with Gasteiger partial charge in [0, 0.05) is 18.7 Å². The molecule has 0 aromatic heterocycles. The highest BCUT2D eigenvalue weighted by Gasteiger charge is 2.17. The zero-order valence-electron chi connectivity index (χ0n) is 14.1. The molecule has 0 unspecified atom stereocenters. The number of aryl methyl sites for hydroxylation is 4. The van der Waals surface area contributed by atoms with Crippen LogP contribution in [-0.4, -0.2) is 23.9 Å². The van der Waals surface area contributed by atoms with Crippen molar-refractivity contribution in [2.24, 2.45) is 0 Å². The van der Waals surface area contributed by atoms with Crippen molar-refractivity contribution in [1.29, 1.82) is 0 Å². The molecule has 4 bridgehead atoms. The number of benzene rings is 2. The van der Waals surface area contributed by atoms with Gasteiger partial charge in [-0.1, -0.05) is 36.4 Å². The van der Waals surface area contributed by atoms with Crippen LogP contribution in [0.1, 0.15) is 46.5 Å². The van der Waals surface area contributed by atoms with Crippen molar-refractivity contribution in [1.82, 2.24) is 4.90 Å². The second-order valence-corrected chi connectivity index (χ2v) is 6.29. The minimum Gasteiger partial charge on any atom is -0.339 e. The zero-order valence-corrected chi connectivity index (χ0v) is 14.1. The molecule has 4 aliphatic rings. The first-order chi connectivity index (χ1) is 11.2. The first kappa shape index (κ1) is 15.8. The molecule has 0 saturated heterocycles. The predicted molar refractivity (Wildman–Crippen MR) is 95.0 cm³/mol. The predicted octanol–water partition coefficient (Wildman–Crippen LogP) is 4.05. The quantitative estimate of drug-likeness (QED) is 0.837. The Hall–Kier alpha value is -2.09. The van der Waals surface area contributed by atoms with Gasteiger partial charge in [0.2, 0.25) is 0 Å². The number of hydrogen-bond donors (Lipinski definition) is 0. The summed E-state index contributed by atoms with van der Waals surface area (Å²) in [5.74, 6) is 0.179. The Morgan fingerprint density at radius 3 is 1.96 bits per heavy atom. The highest BCUT2D eigenvalue weighted by atomic mass is 16.2. The van der Waals surface area contributed by atoms with E-state index in [1.807, 2.05) is 18.7 Å². The van der Waals surface area contributed by atoms with Crippen LogP contribution < -0.4 is 0 Å². The molecule has 6 rings (SSSR count). The molecule has 120 valence electrons. The van der Waals surface area contributed by atoms with Gasteiger partial charge >= 0.3 is 0 Å². The van der Waals surface area contributed by atoms with E-state index in [1.165, 1.54) is 22.3 Å². The molecule has 2 aromatic carbocycles. The fourth-order valence-electron chi connectivity index (χ4n) is 3.32. The average Bonchev–Trinajstić information content (AvgIpc) is 2.58. The van der Waals surface area contributed by atoms with E-state index in [0.717, 1.165) is 44.3 Å². The highest BCUT2D eigenvalue weighted by Crippen LogP contribution is 2.20. The molecule has 0 radical (unpaired) electrons. The van der Waals surface area contributed by atoms with Crippen LogP contribution >= 0.6 is 0 Å². The van der Waals surface area contributed by atoms with Gasteiger partial charge in [0.1, 0.15) is 0 Å². The van der Waals surface area contributed by atoms with Crippen LogP contribution in [0.15, 0.2) is 42.5 Å². The van der Waals surface area contributed by atoms with Crippen LogP contribution in [0.2, 0.25) is 0 Å². The number of nitrogens with zero attached hydrogens (tertiary/aromatic N) is 1. The Labute approximate surface area is 139 Å².